The Labute approximate surface area is 121 Å². The van der Waals surface area contributed by atoms with Crippen LogP contribution in [0.15, 0.2) is 18.2 Å². The topological polar surface area (TPSA) is 61.4 Å². The molecule has 0 aliphatic carbocycles. The molecule has 0 spiro atoms. The molecule has 2 unspecified atom stereocenters. The molecular weight excluding hydrogens is 252 g/mol. The lowest BCUT2D eigenvalue weighted by atomic mass is 10.1. The molecular formula is C16H26N2O2. The monoisotopic (exact) mass is 278 g/mol. The van der Waals surface area contributed by atoms with Crippen LogP contribution in [0.4, 0.5) is 4.79 Å². The van der Waals surface area contributed by atoms with Crippen LogP contribution in [0.1, 0.15) is 37.0 Å². The average Bonchev–Trinajstić information content (AvgIpc) is 2.34. The minimum absolute atomic E-state index is 0.164. The number of carbonyl (C=O) groups excluding carboxylic acids is 1. The lowest BCUT2D eigenvalue weighted by molar-refractivity contribution is 0.163. The summed E-state index contributed by atoms with van der Waals surface area (Å²) in [7, 11) is 0. The number of aliphatic hydroxyl groups excluding tert-OH is 1. The van der Waals surface area contributed by atoms with Gasteiger partial charge in [0, 0.05) is 13.1 Å². The van der Waals surface area contributed by atoms with Crippen LogP contribution < -0.4 is 10.6 Å². The van der Waals surface area contributed by atoms with Crippen LogP contribution in [0.25, 0.3) is 0 Å². The number of carbonyl (C=O) groups is 1. The van der Waals surface area contributed by atoms with Crippen LogP contribution in [0, 0.1) is 19.8 Å². The first-order valence-corrected chi connectivity index (χ1v) is 7.14. The van der Waals surface area contributed by atoms with Gasteiger partial charge in [0.15, 0.2) is 0 Å². The first-order chi connectivity index (χ1) is 9.38. The molecule has 0 aliphatic rings. The number of amides is 2. The Morgan fingerprint density at radius 2 is 1.95 bits per heavy atom. The Kier molecular flexibility index (Phi) is 6.52. The molecule has 0 aromatic heterocycles. The molecule has 1 rings (SSSR count). The average molecular weight is 278 g/mol. The van der Waals surface area contributed by atoms with Crippen molar-refractivity contribution in [1.82, 2.24) is 10.6 Å². The summed E-state index contributed by atoms with van der Waals surface area (Å²) >= 11 is 0. The van der Waals surface area contributed by atoms with E-state index in [-0.39, 0.29) is 18.1 Å². The maximum atomic E-state index is 11.7. The van der Waals surface area contributed by atoms with E-state index in [9.17, 15) is 9.90 Å². The molecule has 0 bridgehead atoms. The van der Waals surface area contributed by atoms with Crippen LogP contribution in [-0.2, 0) is 6.54 Å². The molecule has 1 aromatic carbocycles. The standard InChI is InChI=1S/C16H26N2O2/c1-11-5-6-15(13(3)7-11)10-18-16(20)17-9-12(2)8-14(4)19/h5-7,12,14,19H,8-10H2,1-4H3,(H2,17,18,20). The van der Waals surface area contributed by atoms with Crippen molar-refractivity contribution in [3.05, 3.63) is 34.9 Å². The molecule has 0 fully saturated rings. The van der Waals surface area contributed by atoms with E-state index >= 15 is 0 Å². The van der Waals surface area contributed by atoms with Crippen molar-refractivity contribution in [2.45, 2.75) is 46.8 Å². The third-order valence-corrected chi connectivity index (χ3v) is 3.29. The molecule has 0 radical (unpaired) electrons. The fourth-order valence-electron chi connectivity index (χ4n) is 2.21. The highest BCUT2D eigenvalue weighted by Gasteiger charge is 2.08. The van der Waals surface area contributed by atoms with Crippen LogP contribution in [0.2, 0.25) is 0 Å². The van der Waals surface area contributed by atoms with Crippen molar-refractivity contribution < 1.29 is 9.90 Å². The minimum Gasteiger partial charge on any atom is -0.393 e. The fraction of sp³-hybridized carbons (Fsp3) is 0.562. The van der Waals surface area contributed by atoms with Crippen molar-refractivity contribution in [2.75, 3.05) is 6.54 Å². The number of urea groups is 1. The molecule has 112 valence electrons. The van der Waals surface area contributed by atoms with Crippen LogP contribution in [-0.4, -0.2) is 23.8 Å². The normalized spacial score (nSPS) is 13.7. The van der Waals surface area contributed by atoms with Crippen molar-refractivity contribution in [3.8, 4) is 0 Å². The van der Waals surface area contributed by atoms with Gasteiger partial charge in [-0.15, -0.1) is 0 Å². The quantitative estimate of drug-likeness (QED) is 0.748. The van der Waals surface area contributed by atoms with Crippen molar-refractivity contribution in [1.29, 1.82) is 0 Å². The van der Waals surface area contributed by atoms with Crippen LogP contribution in [0.5, 0.6) is 0 Å². The van der Waals surface area contributed by atoms with Crippen molar-refractivity contribution in [3.63, 3.8) is 0 Å². The molecule has 20 heavy (non-hydrogen) atoms. The van der Waals surface area contributed by atoms with Gasteiger partial charge in [-0.3, -0.25) is 0 Å². The number of hydrogen-bond acceptors (Lipinski definition) is 2. The summed E-state index contributed by atoms with van der Waals surface area (Å²) < 4.78 is 0. The number of hydrogen-bond donors (Lipinski definition) is 3. The Hall–Kier alpha value is -1.55. The van der Waals surface area contributed by atoms with E-state index in [2.05, 4.69) is 23.6 Å². The van der Waals surface area contributed by atoms with E-state index in [1.54, 1.807) is 6.92 Å². The fourth-order valence-corrected chi connectivity index (χ4v) is 2.21. The summed E-state index contributed by atoms with van der Waals surface area (Å²) in [5.74, 6) is 0.266. The predicted octanol–water partition coefficient (Wildman–Crippen LogP) is 2.51. The van der Waals surface area contributed by atoms with Gasteiger partial charge in [-0.25, -0.2) is 4.79 Å². The maximum Gasteiger partial charge on any atom is 0.315 e. The summed E-state index contributed by atoms with van der Waals surface area (Å²) in [4.78, 5) is 11.7. The van der Waals surface area contributed by atoms with Gasteiger partial charge >= 0.3 is 6.03 Å². The summed E-state index contributed by atoms with van der Waals surface area (Å²) in [6.45, 7) is 8.98. The zero-order chi connectivity index (χ0) is 15.1. The second-order valence-corrected chi connectivity index (χ2v) is 5.68. The van der Waals surface area contributed by atoms with Gasteiger partial charge in [0.25, 0.3) is 0 Å². The van der Waals surface area contributed by atoms with E-state index in [0.717, 1.165) is 5.56 Å². The molecule has 4 nitrogen and oxygen atoms in total. The molecule has 4 heteroatoms. The molecule has 3 N–H and O–H groups in total. The molecule has 1 aromatic rings. The predicted molar refractivity (Wildman–Crippen MR) is 81.6 cm³/mol. The lowest BCUT2D eigenvalue weighted by Crippen LogP contribution is -2.38. The molecule has 2 amide bonds. The van der Waals surface area contributed by atoms with E-state index in [4.69, 9.17) is 0 Å². The van der Waals surface area contributed by atoms with Gasteiger partial charge in [-0.2, -0.15) is 0 Å². The highest BCUT2D eigenvalue weighted by atomic mass is 16.3. The molecule has 0 saturated carbocycles. The Balaban J connectivity index is 2.33. The van der Waals surface area contributed by atoms with Gasteiger partial charge in [-0.05, 0) is 44.2 Å². The van der Waals surface area contributed by atoms with E-state index < -0.39 is 0 Å². The third-order valence-electron chi connectivity index (χ3n) is 3.29. The molecule has 0 heterocycles. The third kappa shape index (κ3) is 6.06. The van der Waals surface area contributed by atoms with Crippen molar-refractivity contribution in [2.24, 2.45) is 5.92 Å². The van der Waals surface area contributed by atoms with Crippen molar-refractivity contribution >= 4 is 6.03 Å². The molecule has 0 saturated heterocycles. The van der Waals surface area contributed by atoms with Crippen LogP contribution >= 0.6 is 0 Å². The lowest BCUT2D eigenvalue weighted by Gasteiger charge is -2.15. The molecule has 2 atom stereocenters. The summed E-state index contributed by atoms with van der Waals surface area (Å²) in [6.07, 6.45) is 0.363. The highest BCUT2D eigenvalue weighted by Crippen LogP contribution is 2.10. The summed E-state index contributed by atoms with van der Waals surface area (Å²) in [5.41, 5.74) is 3.54. The van der Waals surface area contributed by atoms with E-state index in [0.29, 0.717) is 19.5 Å². The van der Waals surface area contributed by atoms with Gasteiger partial charge < -0.3 is 15.7 Å². The Morgan fingerprint density at radius 1 is 1.25 bits per heavy atom. The number of aliphatic hydroxyl groups is 1. The minimum atomic E-state index is -0.329. The second-order valence-electron chi connectivity index (χ2n) is 5.68. The molecule has 0 aliphatic heterocycles. The van der Waals surface area contributed by atoms with Gasteiger partial charge in [0.05, 0.1) is 6.10 Å². The SMILES string of the molecule is Cc1ccc(CNC(=O)NCC(C)CC(C)O)c(C)c1. The van der Waals surface area contributed by atoms with E-state index in [1.807, 2.05) is 26.0 Å². The zero-order valence-electron chi connectivity index (χ0n) is 12.9. The maximum absolute atomic E-state index is 11.7. The first-order valence-electron chi connectivity index (χ1n) is 7.14. The number of aryl methyl sites for hydroxylation is 2. The number of nitrogens with one attached hydrogen (secondary N) is 2. The highest BCUT2D eigenvalue weighted by molar-refractivity contribution is 5.73. The summed E-state index contributed by atoms with van der Waals surface area (Å²) in [5, 5.41) is 14.9. The Bertz CT molecular complexity index is 444. The second kappa shape index (κ2) is 7.90. The zero-order valence-corrected chi connectivity index (χ0v) is 12.9. The smallest absolute Gasteiger partial charge is 0.315 e. The largest absolute Gasteiger partial charge is 0.393 e. The van der Waals surface area contributed by atoms with Gasteiger partial charge in [0.2, 0.25) is 0 Å². The summed E-state index contributed by atoms with van der Waals surface area (Å²) in [6, 6.07) is 6.04. The van der Waals surface area contributed by atoms with E-state index in [1.165, 1.54) is 11.1 Å². The van der Waals surface area contributed by atoms with Gasteiger partial charge in [-0.1, -0.05) is 30.7 Å². The number of benzene rings is 1. The van der Waals surface area contributed by atoms with Crippen LogP contribution in [0.3, 0.4) is 0 Å². The first kappa shape index (κ1) is 16.5. The number of rotatable bonds is 6. The van der Waals surface area contributed by atoms with Gasteiger partial charge in [0.1, 0.15) is 0 Å². The Morgan fingerprint density at radius 3 is 2.55 bits per heavy atom.